The molecule has 1 rings (SSSR count). The summed E-state index contributed by atoms with van der Waals surface area (Å²) in [6, 6.07) is 5.71. The minimum Gasteiger partial charge on any atom is -0.478 e. The second kappa shape index (κ2) is 5.33. The summed E-state index contributed by atoms with van der Waals surface area (Å²) in [5.41, 5.74) is 0.720. The molecule has 0 aliphatic rings. The van der Waals surface area contributed by atoms with E-state index in [4.69, 9.17) is 15.3 Å². The van der Waals surface area contributed by atoms with Crippen LogP contribution in [0.2, 0.25) is 0 Å². The van der Waals surface area contributed by atoms with E-state index in [9.17, 15) is 4.79 Å². The van der Waals surface area contributed by atoms with Crippen molar-refractivity contribution in [3.8, 4) is 0 Å². The third kappa shape index (κ3) is 3.23. The maximum Gasteiger partial charge on any atom is 0.335 e. The highest BCUT2D eigenvalue weighted by Crippen LogP contribution is 2.11. The van der Waals surface area contributed by atoms with Gasteiger partial charge in [-0.25, -0.2) is 4.79 Å². The van der Waals surface area contributed by atoms with Gasteiger partial charge >= 0.3 is 5.97 Å². The molecule has 0 amide bonds. The number of aromatic carboxylic acids is 1. The van der Waals surface area contributed by atoms with Gasteiger partial charge < -0.3 is 20.6 Å². The maximum atomic E-state index is 10.7. The van der Waals surface area contributed by atoms with Crippen molar-refractivity contribution in [1.29, 1.82) is 0 Å². The van der Waals surface area contributed by atoms with Crippen LogP contribution in [0.5, 0.6) is 0 Å². The third-order valence-electron chi connectivity index (χ3n) is 1.92. The fraction of sp³-hybridized carbons (Fsp3) is 0.300. The predicted octanol–water partition coefficient (Wildman–Crippen LogP) is 0.150. The van der Waals surface area contributed by atoms with Crippen LogP contribution in [0.1, 0.15) is 10.4 Å². The number of carboxylic acid groups (broad SMARTS) is 1. The average Bonchev–Trinajstić information content (AvgIpc) is 2.26. The first-order chi connectivity index (χ1) is 7.17. The van der Waals surface area contributed by atoms with Gasteiger partial charge in [0.1, 0.15) is 0 Å². The van der Waals surface area contributed by atoms with E-state index in [0.717, 1.165) is 0 Å². The number of anilines is 1. The molecule has 0 bridgehead atoms. The van der Waals surface area contributed by atoms with Crippen LogP contribution in [0.25, 0.3) is 0 Å². The first-order valence-electron chi connectivity index (χ1n) is 4.49. The summed E-state index contributed by atoms with van der Waals surface area (Å²) in [4.78, 5) is 10.7. The molecule has 15 heavy (non-hydrogen) atoms. The molecule has 0 atom stereocenters. The molecule has 5 nitrogen and oxygen atoms in total. The van der Waals surface area contributed by atoms with Crippen LogP contribution in [0.15, 0.2) is 24.3 Å². The Bertz CT molecular complexity index is 336. The SMILES string of the molecule is O=C(O)c1cccc(NC(CO)CO)c1. The van der Waals surface area contributed by atoms with E-state index in [1.54, 1.807) is 12.1 Å². The smallest absolute Gasteiger partial charge is 0.335 e. The molecule has 1 aromatic carbocycles. The Balaban J connectivity index is 2.77. The normalized spacial score (nSPS) is 10.3. The lowest BCUT2D eigenvalue weighted by atomic mass is 10.2. The second-order valence-electron chi connectivity index (χ2n) is 3.09. The van der Waals surface area contributed by atoms with Gasteiger partial charge in [-0.05, 0) is 18.2 Å². The van der Waals surface area contributed by atoms with Gasteiger partial charge in [0.25, 0.3) is 0 Å². The molecule has 0 heterocycles. The minimum atomic E-state index is -1.01. The molecule has 4 N–H and O–H groups in total. The van der Waals surface area contributed by atoms with Crippen molar-refractivity contribution in [2.45, 2.75) is 6.04 Å². The summed E-state index contributed by atoms with van der Waals surface area (Å²) in [6.07, 6.45) is 0. The summed E-state index contributed by atoms with van der Waals surface area (Å²) in [7, 11) is 0. The summed E-state index contributed by atoms with van der Waals surface area (Å²) in [5.74, 6) is -1.01. The van der Waals surface area contributed by atoms with E-state index in [1.165, 1.54) is 12.1 Å². The van der Waals surface area contributed by atoms with Crippen molar-refractivity contribution >= 4 is 11.7 Å². The van der Waals surface area contributed by atoms with Crippen molar-refractivity contribution in [1.82, 2.24) is 0 Å². The molecule has 0 saturated heterocycles. The number of aliphatic hydroxyl groups is 2. The van der Waals surface area contributed by atoms with E-state index in [0.29, 0.717) is 5.69 Å². The first kappa shape index (κ1) is 11.5. The van der Waals surface area contributed by atoms with Crippen LogP contribution in [0.3, 0.4) is 0 Å². The summed E-state index contributed by atoms with van der Waals surface area (Å²) in [5, 5.41) is 29.2. The number of aliphatic hydroxyl groups excluding tert-OH is 2. The molecule has 0 radical (unpaired) electrons. The number of benzene rings is 1. The Morgan fingerprint density at radius 3 is 2.53 bits per heavy atom. The van der Waals surface area contributed by atoms with Gasteiger partial charge in [-0.2, -0.15) is 0 Å². The van der Waals surface area contributed by atoms with Gasteiger partial charge in [-0.3, -0.25) is 0 Å². The molecule has 0 aromatic heterocycles. The fourth-order valence-corrected chi connectivity index (χ4v) is 1.13. The van der Waals surface area contributed by atoms with Crippen LogP contribution in [-0.4, -0.2) is 40.5 Å². The van der Waals surface area contributed by atoms with E-state index in [-0.39, 0.29) is 18.8 Å². The number of hydrogen-bond acceptors (Lipinski definition) is 4. The molecule has 0 aliphatic carbocycles. The van der Waals surface area contributed by atoms with Gasteiger partial charge in [-0.1, -0.05) is 6.07 Å². The summed E-state index contributed by atoms with van der Waals surface area (Å²) >= 11 is 0. The summed E-state index contributed by atoms with van der Waals surface area (Å²) in [6.45, 7) is -0.429. The van der Waals surface area contributed by atoms with Crippen molar-refractivity contribution in [2.24, 2.45) is 0 Å². The molecule has 82 valence electrons. The van der Waals surface area contributed by atoms with Crippen LogP contribution in [0.4, 0.5) is 5.69 Å². The molecular weight excluding hydrogens is 198 g/mol. The lowest BCUT2D eigenvalue weighted by molar-refractivity contribution is 0.0697. The first-order valence-corrected chi connectivity index (χ1v) is 4.49. The van der Waals surface area contributed by atoms with Crippen molar-refractivity contribution < 1.29 is 20.1 Å². The second-order valence-corrected chi connectivity index (χ2v) is 3.09. The third-order valence-corrected chi connectivity index (χ3v) is 1.92. The topological polar surface area (TPSA) is 89.8 Å². The zero-order chi connectivity index (χ0) is 11.3. The Morgan fingerprint density at radius 1 is 1.33 bits per heavy atom. The van der Waals surface area contributed by atoms with Crippen molar-refractivity contribution in [3.05, 3.63) is 29.8 Å². The zero-order valence-electron chi connectivity index (χ0n) is 8.05. The number of carboxylic acids is 1. The molecule has 0 unspecified atom stereocenters. The van der Waals surface area contributed by atoms with Crippen LogP contribution < -0.4 is 5.32 Å². The standard InChI is InChI=1S/C10H13NO4/c12-5-9(6-13)11-8-3-1-2-7(4-8)10(14)15/h1-4,9,11-13H,5-6H2,(H,14,15). The number of rotatable bonds is 5. The highest BCUT2D eigenvalue weighted by atomic mass is 16.4. The number of carbonyl (C=O) groups is 1. The molecule has 0 aliphatic heterocycles. The van der Waals surface area contributed by atoms with Crippen LogP contribution >= 0.6 is 0 Å². The lowest BCUT2D eigenvalue weighted by Gasteiger charge is -2.14. The Kier molecular flexibility index (Phi) is 4.08. The van der Waals surface area contributed by atoms with Gasteiger partial charge in [0.2, 0.25) is 0 Å². The van der Waals surface area contributed by atoms with E-state index < -0.39 is 12.0 Å². The van der Waals surface area contributed by atoms with Crippen LogP contribution in [0, 0.1) is 0 Å². The Morgan fingerprint density at radius 2 is 2.00 bits per heavy atom. The van der Waals surface area contributed by atoms with E-state index >= 15 is 0 Å². The highest BCUT2D eigenvalue weighted by Gasteiger charge is 2.07. The van der Waals surface area contributed by atoms with Crippen molar-refractivity contribution in [2.75, 3.05) is 18.5 Å². The molecular formula is C10H13NO4. The van der Waals surface area contributed by atoms with Crippen LogP contribution in [-0.2, 0) is 0 Å². The highest BCUT2D eigenvalue weighted by molar-refractivity contribution is 5.88. The number of nitrogens with one attached hydrogen (secondary N) is 1. The number of hydrogen-bond donors (Lipinski definition) is 4. The summed E-state index contributed by atoms with van der Waals surface area (Å²) < 4.78 is 0. The minimum absolute atomic E-state index is 0.162. The quantitative estimate of drug-likeness (QED) is 0.556. The largest absolute Gasteiger partial charge is 0.478 e. The zero-order valence-corrected chi connectivity index (χ0v) is 8.05. The molecule has 0 spiro atoms. The van der Waals surface area contributed by atoms with Gasteiger partial charge in [0, 0.05) is 5.69 Å². The molecule has 0 saturated carbocycles. The van der Waals surface area contributed by atoms with E-state index in [2.05, 4.69) is 5.32 Å². The predicted molar refractivity (Wildman–Crippen MR) is 55.0 cm³/mol. The Labute approximate surface area is 87.0 Å². The molecule has 1 aromatic rings. The van der Waals surface area contributed by atoms with E-state index in [1.807, 2.05) is 0 Å². The molecule has 5 heteroatoms. The fourth-order valence-electron chi connectivity index (χ4n) is 1.13. The van der Waals surface area contributed by atoms with Gasteiger partial charge in [0.15, 0.2) is 0 Å². The Hall–Kier alpha value is -1.59. The monoisotopic (exact) mass is 211 g/mol. The maximum absolute atomic E-state index is 10.7. The van der Waals surface area contributed by atoms with Gasteiger partial charge in [0.05, 0.1) is 24.8 Å². The average molecular weight is 211 g/mol. The van der Waals surface area contributed by atoms with Gasteiger partial charge in [-0.15, -0.1) is 0 Å². The van der Waals surface area contributed by atoms with Crippen molar-refractivity contribution in [3.63, 3.8) is 0 Å². The molecule has 0 fully saturated rings. The lowest BCUT2D eigenvalue weighted by Crippen LogP contribution is -2.27.